The van der Waals surface area contributed by atoms with Crippen LogP contribution >= 0.6 is 0 Å². The van der Waals surface area contributed by atoms with Gasteiger partial charge in [0.15, 0.2) is 23.5 Å². The Hall–Kier alpha value is -1.99. The summed E-state index contributed by atoms with van der Waals surface area (Å²) in [5, 5.41) is 7.34. The summed E-state index contributed by atoms with van der Waals surface area (Å²) < 4.78 is 24.4. The second kappa shape index (κ2) is 6.41. The molecular formula is C15H19FN4O2. The zero-order valence-electron chi connectivity index (χ0n) is 12.6. The molecule has 0 radical (unpaired) electrons. The van der Waals surface area contributed by atoms with Crippen molar-refractivity contribution in [3.05, 3.63) is 41.8 Å². The van der Waals surface area contributed by atoms with Gasteiger partial charge in [-0.3, -0.25) is 4.90 Å². The number of para-hydroxylation sites is 1. The van der Waals surface area contributed by atoms with E-state index in [9.17, 15) is 4.39 Å². The molecule has 2 atom stereocenters. The number of nitrogens with zero attached hydrogens (tertiary/aromatic N) is 3. The molecule has 0 bridgehead atoms. The Bertz CT molecular complexity index is 634. The van der Waals surface area contributed by atoms with Gasteiger partial charge in [0.05, 0.1) is 6.04 Å². The molecule has 1 saturated heterocycles. The third-order valence-electron chi connectivity index (χ3n) is 3.75. The van der Waals surface area contributed by atoms with E-state index in [4.69, 9.17) is 9.26 Å². The van der Waals surface area contributed by atoms with Crippen molar-refractivity contribution in [2.75, 3.05) is 26.7 Å². The van der Waals surface area contributed by atoms with Gasteiger partial charge >= 0.3 is 0 Å². The molecule has 1 N–H and O–H groups in total. The van der Waals surface area contributed by atoms with Gasteiger partial charge in [-0.25, -0.2) is 4.39 Å². The Balaban J connectivity index is 1.71. The molecule has 2 aromatic rings. The van der Waals surface area contributed by atoms with Crippen molar-refractivity contribution in [2.45, 2.75) is 19.1 Å². The molecule has 0 aliphatic carbocycles. The van der Waals surface area contributed by atoms with Gasteiger partial charge in [0.2, 0.25) is 0 Å². The second-order valence-corrected chi connectivity index (χ2v) is 5.38. The molecule has 7 heteroatoms. The molecule has 2 unspecified atom stereocenters. The number of piperazine rings is 1. The normalized spacial score (nSPS) is 20.8. The quantitative estimate of drug-likeness (QED) is 0.931. The minimum Gasteiger partial charge on any atom is -0.478 e. The number of likely N-dealkylation sites (N-methyl/N-ethyl adjacent to an activating group) is 1. The van der Waals surface area contributed by atoms with E-state index in [1.54, 1.807) is 25.1 Å². The molecule has 6 nitrogen and oxygen atoms in total. The maximum absolute atomic E-state index is 13.6. The van der Waals surface area contributed by atoms with E-state index >= 15 is 0 Å². The van der Waals surface area contributed by atoms with Crippen LogP contribution in [0.25, 0.3) is 0 Å². The van der Waals surface area contributed by atoms with E-state index in [2.05, 4.69) is 20.4 Å². The molecule has 1 aliphatic heterocycles. The number of hydrogen-bond acceptors (Lipinski definition) is 6. The summed E-state index contributed by atoms with van der Waals surface area (Å²) in [7, 11) is 2.03. The summed E-state index contributed by atoms with van der Waals surface area (Å²) >= 11 is 0. The third-order valence-corrected chi connectivity index (χ3v) is 3.75. The number of ether oxygens (including phenoxy) is 1. The van der Waals surface area contributed by atoms with Crippen molar-refractivity contribution < 1.29 is 13.7 Å². The predicted molar refractivity (Wildman–Crippen MR) is 78.0 cm³/mol. The van der Waals surface area contributed by atoms with Gasteiger partial charge in [-0.05, 0) is 26.1 Å². The van der Waals surface area contributed by atoms with Crippen LogP contribution < -0.4 is 10.1 Å². The van der Waals surface area contributed by atoms with Crippen molar-refractivity contribution in [2.24, 2.45) is 0 Å². The molecule has 0 spiro atoms. The van der Waals surface area contributed by atoms with Crippen molar-refractivity contribution in [3.63, 3.8) is 0 Å². The summed E-state index contributed by atoms with van der Waals surface area (Å²) in [5.74, 6) is 0.724. The first-order chi connectivity index (χ1) is 10.6. The largest absolute Gasteiger partial charge is 0.478 e. The summed E-state index contributed by atoms with van der Waals surface area (Å²) in [5.41, 5.74) is 0. The van der Waals surface area contributed by atoms with Crippen LogP contribution in [0.4, 0.5) is 4.39 Å². The molecule has 118 valence electrons. The van der Waals surface area contributed by atoms with Gasteiger partial charge in [-0.1, -0.05) is 17.3 Å². The minimum atomic E-state index is -0.514. The first-order valence-corrected chi connectivity index (χ1v) is 7.31. The fourth-order valence-electron chi connectivity index (χ4n) is 2.42. The fourth-order valence-corrected chi connectivity index (χ4v) is 2.42. The molecule has 1 aliphatic rings. The van der Waals surface area contributed by atoms with E-state index in [1.807, 2.05) is 7.05 Å². The lowest BCUT2D eigenvalue weighted by molar-refractivity contribution is 0.167. The topological polar surface area (TPSA) is 63.4 Å². The van der Waals surface area contributed by atoms with E-state index in [-0.39, 0.29) is 11.8 Å². The first kappa shape index (κ1) is 14.9. The molecular weight excluding hydrogens is 287 g/mol. The van der Waals surface area contributed by atoms with Crippen LogP contribution in [-0.2, 0) is 0 Å². The summed E-state index contributed by atoms with van der Waals surface area (Å²) in [6, 6.07) is 6.33. The Morgan fingerprint density at radius 3 is 3.05 bits per heavy atom. The highest BCUT2D eigenvalue weighted by Crippen LogP contribution is 2.25. The molecule has 1 fully saturated rings. The predicted octanol–water partition coefficient (Wildman–Crippen LogP) is 1.92. The maximum atomic E-state index is 13.6. The lowest BCUT2D eigenvalue weighted by Crippen LogP contribution is -2.44. The third kappa shape index (κ3) is 3.10. The standard InChI is InChI=1S/C15H19FN4O2/c1-10(21-13-6-4-3-5-11(13)16)15-18-14(19-22-15)12-9-17-7-8-20(12)2/h3-6,10,12,17H,7-9H2,1-2H3. The second-order valence-electron chi connectivity index (χ2n) is 5.38. The number of aromatic nitrogens is 2. The van der Waals surface area contributed by atoms with Gasteiger partial charge in [0.1, 0.15) is 0 Å². The minimum absolute atomic E-state index is 0.0758. The van der Waals surface area contributed by atoms with Crippen molar-refractivity contribution in [1.82, 2.24) is 20.4 Å². The lowest BCUT2D eigenvalue weighted by atomic mass is 10.2. The zero-order chi connectivity index (χ0) is 15.5. The number of hydrogen-bond donors (Lipinski definition) is 1. The van der Waals surface area contributed by atoms with Crippen molar-refractivity contribution in [1.29, 1.82) is 0 Å². The van der Waals surface area contributed by atoms with E-state index in [0.29, 0.717) is 11.7 Å². The van der Waals surface area contributed by atoms with Gasteiger partial charge in [-0.15, -0.1) is 0 Å². The molecule has 0 saturated carbocycles. The first-order valence-electron chi connectivity index (χ1n) is 7.31. The van der Waals surface area contributed by atoms with E-state index < -0.39 is 11.9 Å². The van der Waals surface area contributed by atoms with Crippen LogP contribution in [0.2, 0.25) is 0 Å². The monoisotopic (exact) mass is 306 g/mol. The average Bonchev–Trinajstić information content (AvgIpc) is 3.00. The summed E-state index contributed by atoms with van der Waals surface area (Å²) in [6.07, 6.45) is -0.514. The summed E-state index contributed by atoms with van der Waals surface area (Å²) in [6.45, 7) is 4.41. The van der Waals surface area contributed by atoms with E-state index in [1.165, 1.54) is 6.07 Å². The molecule has 3 rings (SSSR count). The maximum Gasteiger partial charge on any atom is 0.267 e. The molecule has 1 aromatic carbocycles. The van der Waals surface area contributed by atoms with Gasteiger partial charge < -0.3 is 14.6 Å². The average molecular weight is 306 g/mol. The van der Waals surface area contributed by atoms with Crippen LogP contribution in [0.5, 0.6) is 5.75 Å². The highest BCUT2D eigenvalue weighted by molar-refractivity contribution is 5.24. The number of benzene rings is 1. The Morgan fingerprint density at radius 2 is 2.27 bits per heavy atom. The lowest BCUT2D eigenvalue weighted by Gasteiger charge is -2.30. The molecule has 2 heterocycles. The van der Waals surface area contributed by atoms with Crippen LogP contribution in [0.15, 0.2) is 28.8 Å². The smallest absolute Gasteiger partial charge is 0.267 e. The van der Waals surface area contributed by atoms with Gasteiger partial charge in [-0.2, -0.15) is 4.98 Å². The van der Waals surface area contributed by atoms with Gasteiger partial charge in [0.25, 0.3) is 5.89 Å². The molecule has 22 heavy (non-hydrogen) atoms. The Labute approximate surface area is 128 Å². The SMILES string of the molecule is CC(Oc1ccccc1F)c1nc(C2CNCCN2C)no1. The molecule has 1 aromatic heterocycles. The summed E-state index contributed by atoms with van der Waals surface area (Å²) in [4.78, 5) is 6.58. The Kier molecular flexibility index (Phi) is 4.35. The fraction of sp³-hybridized carbons (Fsp3) is 0.467. The van der Waals surface area contributed by atoms with Crippen molar-refractivity contribution in [3.8, 4) is 5.75 Å². The molecule has 0 amide bonds. The number of halogens is 1. The van der Waals surface area contributed by atoms with Crippen LogP contribution in [0.1, 0.15) is 30.8 Å². The van der Waals surface area contributed by atoms with Crippen LogP contribution in [-0.4, -0.2) is 41.7 Å². The number of nitrogens with one attached hydrogen (secondary N) is 1. The zero-order valence-corrected chi connectivity index (χ0v) is 12.6. The van der Waals surface area contributed by atoms with Crippen molar-refractivity contribution >= 4 is 0 Å². The highest BCUT2D eigenvalue weighted by Gasteiger charge is 2.27. The Morgan fingerprint density at radius 1 is 1.45 bits per heavy atom. The highest BCUT2D eigenvalue weighted by atomic mass is 19.1. The van der Waals surface area contributed by atoms with Crippen LogP contribution in [0, 0.1) is 5.82 Å². The number of rotatable bonds is 4. The van der Waals surface area contributed by atoms with Gasteiger partial charge in [0, 0.05) is 19.6 Å². The van der Waals surface area contributed by atoms with Crippen LogP contribution in [0.3, 0.4) is 0 Å². The van der Waals surface area contributed by atoms with E-state index in [0.717, 1.165) is 19.6 Å².